The molecule has 0 saturated heterocycles. The summed E-state index contributed by atoms with van der Waals surface area (Å²) < 4.78 is 0. The van der Waals surface area contributed by atoms with Gasteiger partial charge in [-0.2, -0.15) is 0 Å². The van der Waals surface area contributed by atoms with Gasteiger partial charge in [-0.1, -0.05) is 5.57 Å². The van der Waals surface area contributed by atoms with Crippen LogP contribution in [0.5, 0.6) is 0 Å². The topological polar surface area (TPSA) is 79.3 Å². The highest BCUT2D eigenvalue weighted by molar-refractivity contribution is 7.09. The summed E-state index contributed by atoms with van der Waals surface area (Å²) in [5, 5.41) is 13.6. The van der Waals surface area contributed by atoms with Gasteiger partial charge in [0.2, 0.25) is 5.91 Å². The van der Waals surface area contributed by atoms with E-state index in [2.05, 4.69) is 10.3 Å². The van der Waals surface area contributed by atoms with E-state index in [0.717, 1.165) is 30.4 Å². The van der Waals surface area contributed by atoms with Crippen molar-refractivity contribution < 1.29 is 14.7 Å². The number of hydrogen-bond donors (Lipinski definition) is 2. The maximum absolute atomic E-state index is 11.9. The molecule has 0 radical (unpaired) electrons. The second-order valence-electron chi connectivity index (χ2n) is 4.23. The number of carbonyl (C=O) groups is 2. The molecule has 0 aliphatic heterocycles. The number of carboxylic acid groups (broad SMARTS) is 1. The summed E-state index contributed by atoms with van der Waals surface area (Å²) in [6, 6.07) is 0. The first-order valence-electron chi connectivity index (χ1n) is 5.72. The Labute approximate surface area is 109 Å². The van der Waals surface area contributed by atoms with E-state index < -0.39 is 5.97 Å². The van der Waals surface area contributed by atoms with Gasteiger partial charge in [-0.3, -0.25) is 4.79 Å². The summed E-state index contributed by atoms with van der Waals surface area (Å²) in [5.74, 6) is -1.10. The minimum Gasteiger partial charge on any atom is -0.476 e. The van der Waals surface area contributed by atoms with Crippen molar-refractivity contribution >= 4 is 23.2 Å². The van der Waals surface area contributed by atoms with Crippen molar-refractivity contribution in [2.24, 2.45) is 0 Å². The Morgan fingerprint density at radius 2 is 2.28 bits per heavy atom. The molecule has 2 N–H and O–H groups in total. The molecule has 0 atom stereocenters. The molecule has 0 fully saturated rings. The van der Waals surface area contributed by atoms with Crippen LogP contribution in [0.1, 0.15) is 41.7 Å². The Morgan fingerprint density at radius 1 is 1.50 bits per heavy atom. The van der Waals surface area contributed by atoms with Crippen molar-refractivity contribution in [1.29, 1.82) is 0 Å². The SMILES string of the molecule is CC1=C(C(=O)NCc2nc(C(=O)O)cs2)CCC1. The first kappa shape index (κ1) is 12.8. The van der Waals surface area contributed by atoms with Gasteiger partial charge in [-0.25, -0.2) is 9.78 Å². The van der Waals surface area contributed by atoms with Crippen LogP contribution in [0.3, 0.4) is 0 Å². The summed E-state index contributed by atoms with van der Waals surface area (Å²) >= 11 is 1.24. The molecule has 1 aliphatic carbocycles. The first-order valence-corrected chi connectivity index (χ1v) is 6.60. The Bertz CT molecular complexity index is 519. The minimum atomic E-state index is -1.04. The van der Waals surface area contributed by atoms with E-state index in [1.54, 1.807) is 0 Å². The van der Waals surface area contributed by atoms with Crippen molar-refractivity contribution in [3.63, 3.8) is 0 Å². The molecule has 18 heavy (non-hydrogen) atoms. The number of nitrogens with one attached hydrogen (secondary N) is 1. The van der Waals surface area contributed by atoms with Crippen LogP contribution in [0.4, 0.5) is 0 Å². The molecule has 1 amide bonds. The number of aromatic carboxylic acids is 1. The highest BCUT2D eigenvalue weighted by Crippen LogP contribution is 2.25. The quantitative estimate of drug-likeness (QED) is 0.873. The van der Waals surface area contributed by atoms with Crippen LogP contribution >= 0.6 is 11.3 Å². The number of thiazole rings is 1. The molecule has 1 aromatic heterocycles. The number of carbonyl (C=O) groups excluding carboxylic acids is 1. The molecule has 0 bridgehead atoms. The lowest BCUT2D eigenvalue weighted by Gasteiger charge is -2.04. The van der Waals surface area contributed by atoms with Gasteiger partial charge in [0.1, 0.15) is 5.01 Å². The maximum atomic E-state index is 11.9. The molecule has 2 rings (SSSR count). The summed E-state index contributed by atoms with van der Waals surface area (Å²) in [6.45, 7) is 2.27. The zero-order valence-corrected chi connectivity index (χ0v) is 10.8. The van der Waals surface area contributed by atoms with Gasteiger partial charge in [0.25, 0.3) is 0 Å². The molecule has 0 unspecified atom stereocenters. The number of amides is 1. The van der Waals surface area contributed by atoms with Gasteiger partial charge < -0.3 is 10.4 Å². The van der Waals surface area contributed by atoms with E-state index in [0.29, 0.717) is 5.01 Å². The second kappa shape index (κ2) is 5.30. The molecule has 96 valence electrons. The summed E-state index contributed by atoms with van der Waals surface area (Å²) in [6.07, 6.45) is 2.86. The lowest BCUT2D eigenvalue weighted by atomic mass is 10.1. The molecular formula is C12H14N2O3S. The van der Waals surface area contributed by atoms with E-state index in [4.69, 9.17) is 5.11 Å². The molecule has 6 heteroatoms. The predicted octanol–water partition coefficient (Wildman–Crippen LogP) is 1.96. The van der Waals surface area contributed by atoms with E-state index in [-0.39, 0.29) is 18.1 Å². The summed E-state index contributed by atoms with van der Waals surface area (Å²) in [7, 11) is 0. The zero-order valence-electron chi connectivity index (χ0n) is 10.0. The fourth-order valence-corrected chi connectivity index (χ4v) is 2.66. The van der Waals surface area contributed by atoms with Crippen molar-refractivity contribution in [2.45, 2.75) is 32.7 Å². The van der Waals surface area contributed by atoms with Gasteiger partial charge in [0, 0.05) is 11.0 Å². The van der Waals surface area contributed by atoms with E-state index >= 15 is 0 Å². The average Bonchev–Trinajstić information content (AvgIpc) is 2.94. The fourth-order valence-electron chi connectivity index (χ4n) is 1.95. The molecule has 1 aromatic rings. The molecule has 1 heterocycles. The Morgan fingerprint density at radius 3 is 2.83 bits per heavy atom. The lowest BCUT2D eigenvalue weighted by molar-refractivity contribution is -0.117. The summed E-state index contributed by atoms with van der Waals surface area (Å²) in [4.78, 5) is 26.4. The van der Waals surface area contributed by atoms with Crippen LogP contribution in [0.15, 0.2) is 16.5 Å². The molecular weight excluding hydrogens is 252 g/mol. The molecule has 5 nitrogen and oxygen atoms in total. The zero-order chi connectivity index (χ0) is 13.1. The molecule has 0 saturated carbocycles. The largest absolute Gasteiger partial charge is 0.476 e. The van der Waals surface area contributed by atoms with Gasteiger partial charge in [0.05, 0.1) is 6.54 Å². The van der Waals surface area contributed by atoms with Crippen molar-refractivity contribution in [2.75, 3.05) is 0 Å². The normalized spacial score (nSPS) is 14.9. The van der Waals surface area contributed by atoms with E-state index in [9.17, 15) is 9.59 Å². The van der Waals surface area contributed by atoms with Crippen molar-refractivity contribution in [1.82, 2.24) is 10.3 Å². The van der Waals surface area contributed by atoms with Crippen LogP contribution in [0.25, 0.3) is 0 Å². The second-order valence-corrected chi connectivity index (χ2v) is 5.17. The molecule has 1 aliphatic rings. The molecule has 0 spiro atoms. The third-order valence-corrected chi connectivity index (χ3v) is 3.79. The Hall–Kier alpha value is -1.69. The van der Waals surface area contributed by atoms with Crippen LogP contribution in [0, 0.1) is 0 Å². The third-order valence-electron chi connectivity index (χ3n) is 2.94. The first-order chi connectivity index (χ1) is 8.58. The minimum absolute atomic E-state index is 0.0283. The van der Waals surface area contributed by atoms with Crippen molar-refractivity contribution in [3.05, 3.63) is 27.2 Å². The third kappa shape index (κ3) is 2.76. The summed E-state index contributed by atoms with van der Waals surface area (Å²) in [5.41, 5.74) is 2.04. The maximum Gasteiger partial charge on any atom is 0.355 e. The van der Waals surface area contributed by atoms with Crippen LogP contribution < -0.4 is 5.32 Å². The lowest BCUT2D eigenvalue weighted by Crippen LogP contribution is -2.24. The number of allylic oxidation sites excluding steroid dienone is 1. The highest BCUT2D eigenvalue weighted by Gasteiger charge is 2.18. The van der Waals surface area contributed by atoms with Crippen LogP contribution in [0.2, 0.25) is 0 Å². The predicted molar refractivity (Wildman–Crippen MR) is 67.5 cm³/mol. The highest BCUT2D eigenvalue weighted by atomic mass is 32.1. The Kier molecular flexibility index (Phi) is 3.76. The number of carboxylic acids is 1. The van der Waals surface area contributed by atoms with Gasteiger partial charge in [-0.05, 0) is 26.2 Å². The molecule has 0 aromatic carbocycles. The Balaban J connectivity index is 1.93. The van der Waals surface area contributed by atoms with Gasteiger partial charge in [0.15, 0.2) is 5.69 Å². The number of hydrogen-bond acceptors (Lipinski definition) is 4. The number of rotatable bonds is 4. The number of nitrogens with zero attached hydrogens (tertiary/aromatic N) is 1. The average molecular weight is 266 g/mol. The van der Waals surface area contributed by atoms with Crippen LogP contribution in [-0.2, 0) is 11.3 Å². The number of aromatic nitrogens is 1. The van der Waals surface area contributed by atoms with Gasteiger partial charge in [-0.15, -0.1) is 11.3 Å². The monoisotopic (exact) mass is 266 g/mol. The van der Waals surface area contributed by atoms with Crippen molar-refractivity contribution in [3.8, 4) is 0 Å². The fraction of sp³-hybridized carbons (Fsp3) is 0.417. The van der Waals surface area contributed by atoms with Gasteiger partial charge >= 0.3 is 5.97 Å². The van der Waals surface area contributed by atoms with E-state index in [1.807, 2.05) is 6.92 Å². The smallest absolute Gasteiger partial charge is 0.355 e. The standard InChI is InChI=1S/C12H14N2O3S/c1-7-3-2-4-8(7)11(15)13-5-10-14-9(6-18-10)12(16)17/h6H,2-5H2,1H3,(H,13,15)(H,16,17). The van der Waals surface area contributed by atoms with E-state index in [1.165, 1.54) is 16.7 Å². The van der Waals surface area contributed by atoms with Crippen LogP contribution in [-0.4, -0.2) is 22.0 Å².